The van der Waals surface area contributed by atoms with E-state index in [9.17, 15) is 4.79 Å². The van der Waals surface area contributed by atoms with E-state index in [1.165, 1.54) is 0 Å². The standard InChI is InChI=1S/C9H21N3O/c1-5-12(7-9(10)13)8(2)6-11(3)4/h8H,5-7H2,1-4H3,(H2,10,13). The van der Waals surface area contributed by atoms with Crippen LogP contribution in [0, 0.1) is 0 Å². The lowest BCUT2D eigenvalue weighted by molar-refractivity contribution is -0.119. The van der Waals surface area contributed by atoms with Gasteiger partial charge in [-0.3, -0.25) is 9.69 Å². The first kappa shape index (κ1) is 12.4. The lowest BCUT2D eigenvalue weighted by Crippen LogP contribution is -2.44. The molecule has 0 aliphatic heterocycles. The highest BCUT2D eigenvalue weighted by molar-refractivity contribution is 5.75. The van der Waals surface area contributed by atoms with Crippen LogP contribution < -0.4 is 5.73 Å². The smallest absolute Gasteiger partial charge is 0.231 e. The molecule has 0 spiro atoms. The molecule has 0 aromatic rings. The lowest BCUT2D eigenvalue weighted by Gasteiger charge is -2.28. The second kappa shape index (κ2) is 5.94. The Morgan fingerprint density at radius 2 is 2.00 bits per heavy atom. The van der Waals surface area contributed by atoms with E-state index in [0.29, 0.717) is 12.6 Å². The Morgan fingerprint density at radius 1 is 1.46 bits per heavy atom. The van der Waals surface area contributed by atoms with E-state index in [1.807, 2.05) is 21.0 Å². The summed E-state index contributed by atoms with van der Waals surface area (Å²) < 4.78 is 0. The molecule has 78 valence electrons. The second-order valence-corrected chi connectivity index (χ2v) is 3.64. The van der Waals surface area contributed by atoms with Crippen molar-refractivity contribution in [2.24, 2.45) is 5.73 Å². The summed E-state index contributed by atoms with van der Waals surface area (Å²) >= 11 is 0. The van der Waals surface area contributed by atoms with E-state index in [-0.39, 0.29) is 5.91 Å². The maximum atomic E-state index is 10.7. The number of likely N-dealkylation sites (N-methyl/N-ethyl adjacent to an activating group) is 2. The molecule has 0 radical (unpaired) electrons. The summed E-state index contributed by atoms with van der Waals surface area (Å²) in [6.07, 6.45) is 0. The fourth-order valence-electron chi connectivity index (χ4n) is 1.42. The average molecular weight is 187 g/mol. The van der Waals surface area contributed by atoms with Crippen molar-refractivity contribution >= 4 is 5.91 Å². The Bertz CT molecular complexity index is 159. The molecule has 0 saturated heterocycles. The minimum absolute atomic E-state index is 0.257. The average Bonchev–Trinajstić information content (AvgIpc) is 1.98. The van der Waals surface area contributed by atoms with Crippen molar-refractivity contribution < 1.29 is 4.79 Å². The number of rotatable bonds is 6. The van der Waals surface area contributed by atoms with Crippen molar-refractivity contribution in [2.75, 3.05) is 33.7 Å². The fourth-order valence-corrected chi connectivity index (χ4v) is 1.42. The van der Waals surface area contributed by atoms with Crippen LogP contribution in [0.3, 0.4) is 0 Å². The molecular formula is C9H21N3O. The topological polar surface area (TPSA) is 49.6 Å². The first-order valence-electron chi connectivity index (χ1n) is 4.64. The Labute approximate surface area is 80.7 Å². The Balaban J connectivity index is 3.98. The molecule has 2 N–H and O–H groups in total. The van der Waals surface area contributed by atoms with Gasteiger partial charge in [0.2, 0.25) is 5.91 Å². The summed E-state index contributed by atoms with van der Waals surface area (Å²) in [5.41, 5.74) is 5.14. The molecule has 0 fully saturated rings. The summed E-state index contributed by atoms with van der Waals surface area (Å²) in [4.78, 5) is 14.9. The van der Waals surface area contributed by atoms with Crippen LogP contribution >= 0.6 is 0 Å². The van der Waals surface area contributed by atoms with E-state index < -0.39 is 0 Å². The predicted octanol–water partition coefficient (Wildman–Crippen LogP) is -0.256. The molecule has 0 heterocycles. The Morgan fingerprint density at radius 3 is 2.31 bits per heavy atom. The minimum atomic E-state index is -0.257. The minimum Gasteiger partial charge on any atom is -0.369 e. The van der Waals surface area contributed by atoms with Crippen molar-refractivity contribution in [1.82, 2.24) is 9.80 Å². The first-order chi connectivity index (χ1) is 5.97. The molecule has 1 unspecified atom stereocenters. The summed E-state index contributed by atoms with van der Waals surface area (Å²) in [5, 5.41) is 0. The molecule has 0 aliphatic rings. The van der Waals surface area contributed by atoms with Gasteiger partial charge < -0.3 is 10.6 Å². The Hall–Kier alpha value is -0.610. The molecule has 4 nitrogen and oxygen atoms in total. The summed E-state index contributed by atoms with van der Waals surface area (Å²) in [6.45, 7) is 6.30. The number of hydrogen-bond donors (Lipinski definition) is 1. The number of carbonyl (C=O) groups is 1. The van der Waals surface area contributed by atoms with Gasteiger partial charge in [-0.1, -0.05) is 6.92 Å². The van der Waals surface area contributed by atoms with Crippen LogP contribution in [-0.2, 0) is 4.79 Å². The molecular weight excluding hydrogens is 166 g/mol. The molecule has 0 bridgehead atoms. The zero-order valence-electron chi connectivity index (χ0n) is 9.08. The number of nitrogens with two attached hydrogens (primary N) is 1. The summed E-state index contributed by atoms with van der Waals surface area (Å²) in [6, 6.07) is 0.368. The first-order valence-corrected chi connectivity index (χ1v) is 4.64. The molecule has 0 aromatic heterocycles. The molecule has 0 saturated carbocycles. The second-order valence-electron chi connectivity index (χ2n) is 3.64. The molecule has 13 heavy (non-hydrogen) atoms. The van der Waals surface area contributed by atoms with Crippen molar-refractivity contribution in [3.8, 4) is 0 Å². The number of primary amides is 1. The Kier molecular flexibility index (Phi) is 5.66. The molecule has 1 amide bonds. The fraction of sp³-hybridized carbons (Fsp3) is 0.889. The van der Waals surface area contributed by atoms with Gasteiger partial charge in [0, 0.05) is 12.6 Å². The van der Waals surface area contributed by atoms with Crippen LogP contribution in [0.5, 0.6) is 0 Å². The zero-order chi connectivity index (χ0) is 10.4. The molecule has 1 atom stereocenters. The van der Waals surface area contributed by atoms with Crippen molar-refractivity contribution in [2.45, 2.75) is 19.9 Å². The maximum Gasteiger partial charge on any atom is 0.231 e. The number of carbonyl (C=O) groups excluding carboxylic acids is 1. The maximum absolute atomic E-state index is 10.7. The van der Waals surface area contributed by atoms with Crippen molar-refractivity contribution in [1.29, 1.82) is 0 Å². The van der Waals surface area contributed by atoms with Gasteiger partial charge in [-0.05, 0) is 27.6 Å². The third-order valence-electron chi connectivity index (χ3n) is 2.02. The number of hydrogen-bond acceptors (Lipinski definition) is 3. The summed E-state index contributed by atoms with van der Waals surface area (Å²) in [5.74, 6) is -0.257. The normalized spacial score (nSPS) is 13.7. The van der Waals surface area contributed by atoms with E-state index >= 15 is 0 Å². The largest absolute Gasteiger partial charge is 0.369 e. The molecule has 0 aromatic carbocycles. The van der Waals surface area contributed by atoms with E-state index in [0.717, 1.165) is 13.1 Å². The quantitative estimate of drug-likeness (QED) is 0.623. The van der Waals surface area contributed by atoms with Crippen LogP contribution in [0.15, 0.2) is 0 Å². The third-order valence-corrected chi connectivity index (χ3v) is 2.02. The number of amides is 1. The van der Waals surface area contributed by atoms with Crippen LogP contribution in [0.25, 0.3) is 0 Å². The van der Waals surface area contributed by atoms with E-state index in [4.69, 9.17) is 5.73 Å². The van der Waals surface area contributed by atoms with Gasteiger partial charge in [-0.2, -0.15) is 0 Å². The lowest BCUT2D eigenvalue weighted by atomic mass is 10.2. The zero-order valence-corrected chi connectivity index (χ0v) is 9.08. The van der Waals surface area contributed by atoms with Gasteiger partial charge in [0.25, 0.3) is 0 Å². The van der Waals surface area contributed by atoms with E-state index in [2.05, 4.69) is 16.7 Å². The third kappa shape index (κ3) is 5.60. The highest BCUT2D eigenvalue weighted by atomic mass is 16.1. The van der Waals surface area contributed by atoms with Crippen LogP contribution in [-0.4, -0.2) is 55.5 Å². The molecule has 0 rings (SSSR count). The van der Waals surface area contributed by atoms with Crippen LogP contribution in [0.4, 0.5) is 0 Å². The van der Waals surface area contributed by atoms with Crippen molar-refractivity contribution in [3.63, 3.8) is 0 Å². The van der Waals surface area contributed by atoms with E-state index in [1.54, 1.807) is 0 Å². The van der Waals surface area contributed by atoms with Crippen molar-refractivity contribution in [3.05, 3.63) is 0 Å². The van der Waals surface area contributed by atoms with Gasteiger partial charge in [0.1, 0.15) is 0 Å². The predicted molar refractivity (Wildman–Crippen MR) is 54.5 cm³/mol. The van der Waals surface area contributed by atoms with Crippen LogP contribution in [0.2, 0.25) is 0 Å². The van der Waals surface area contributed by atoms with Gasteiger partial charge in [0.15, 0.2) is 0 Å². The summed E-state index contributed by atoms with van der Waals surface area (Å²) in [7, 11) is 4.04. The highest BCUT2D eigenvalue weighted by Gasteiger charge is 2.14. The van der Waals surface area contributed by atoms with Crippen LogP contribution in [0.1, 0.15) is 13.8 Å². The van der Waals surface area contributed by atoms with Gasteiger partial charge in [-0.25, -0.2) is 0 Å². The van der Waals surface area contributed by atoms with Gasteiger partial charge in [-0.15, -0.1) is 0 Å². The number of nitrogens with zero attached hydrogens (tertiary/aromatic N) is 2. The van der Waals surface area contributed by atoms with Gasteiger partial charge in [0.05, 0.1) is 6.54 Å². The van der Waals surface area contributed by atoms with Gasteiger partial charge >= 0.3 is 0 Å². The molecule has 0 aliphatic carbocycles. The molecule has 4 heteroatoms. The monoisotopic (exact) mass is 187 g/mol. The SMILES string of the molecule is CCN(CC(N)=O)C(C)CN(C)C. The highest BCUT2D eigenvalue weighted by Crippen LogP contribution is 1.98.